The van der Waals surface area contributed by atoms with Crippen LogP contribution < -0.4 is 4.74 Å². The minimum atomic E-state index is -4.58. The number of carbonyl (C=O) groups is 1. The Kier molecular flexibility index (Phi) is 9.33. The number of rotatable bonds is 11. The van der Waals surface area contributed by atoms with Crippen molar-refractivity contribution in [3.8, 4) is 5.75 Å². The maximum absolute atomic E-state index is 14.2. The molecular formula is C26H24ClF4NO4S. The van der Waals surface area contributed by atoms with E-state index in [1.165, 1.54) is 12.1 Å². The Morgan fingerprint density at radius 1 is 1.03 bits per heavy atom. The van der Waals surface area contributed by atoms with Gasteiger partial charge in [0.2, 0.25) is 0 Å². The van der Waals surface area contributed by atoms with E-state index >= 15 is 0 Å². The van der Waals surface area contributed by atoms with Crippen LogP contribution in [0.4, 0.5) is 17.6 Å². The summed E-state index contributed by atoms with van der Waals surface area (Å²) in [5.74, 6) is -1.07. The molecule has 5 nitrogen and oxygen atoms in total. The maximum atomic E-state index is 14.2. The van der Waals surface area contributed by atoms with Gasteiger partial charge in [-0.1, -0.05) is 54.1 Å². The summed E-state index contributed by atoms with van der Waals surface area (Å²) >= 11 is 6.09. The normalized spacial score (nSPS) is 12.1. The summed E-state index contributed by atoms with van der Waals surface area (Å²) < 4.78 is 83.5. The molecule has 0 aromatic heterocycles. The van der Waals surface area contributed by atoms with Crippen molar-refractivity contribution in [1.82, 2.24) is 4.90 Å². The van der Waals surface area contributed by atoms with Crippen LogP contribution in [-0.2, 0) is 29.1 Å². The summed E-state index contributed by atoms with van der Waals surface area (Å²) in [5.41, 5.74) is -0.215. The van der Waals surface area contributed by atoms with Crippen molar-refractivity contribution in [3.05, 3.63) is 93.8 Å². The molecule has 0 radical (unpaired) electrons. The van der Waals surface area contributed by atoms with E-state index in [0.717, 1.165) is 30.0 Å². The summed E-state index contributed by atoms with van der Waals surface area (Å²) in [6, 6.07) is 15.1. The SMILES string of the molecule is CS(=O)(=O)c1cc(OCCCN(Cc2ccccc2)Cc2cccc(C(F)(F)F)c2Cl)cc(F)c1C=O. The van der Waals surface area contributed by atoms with Crippen LogP contribution in [0.15, 0.2) is 65.6 Å². The lowest BCUT2D eigenvalue weighted by molar-refractivity contribution is -0.137. The first-order valence-corrected chi connectivity index (χ1v) is 13.4. The van der Waals surface area contributed by atoms with Crippen molar-refractivity contribution >= 4 is 27.7 Å². The Morgan fingerprint density at radius 3 is 2.35 bits per heavy atom. The van der Waals surface area contributed by atoms with Gasteiger partial charge < -0.3 is 4.74 Å². The third-order valence-corrected chi connectivity index (χ3v) is 7.08. The minimum absolute atomic E-state index is 0.0564. The van der Waals surface area contributed by atoms with Crippen molar-refractivity contribution in [1.29, 1.82) is 0 Å². The molecule has 0 fully saturated rings. The molecule has 0 unspecified atom stereocenters. The molecule has 0 amide bonds. The van der Waals surface area contributed by atoms with E-state index in [1.807, 2.05) is 35.2 Å². The molecule has 0 spiro atoms. The highest BCUT2D eigenvalue weighted by atomic mass is 35.5. The zero-order valence-electron chi connectivity index (χ0n) is 19.8. The second-order valence-corrected chi connectivity index (χ2v) is 10.7. The molecule has 0 atom stereocenters. The van der Waals surface area contributed by atoms with Crippen molar-refractivity contribution < 1.29 is 35.5 Å². The van der Waals surface area contributed by atoms with Gasteiger partial charge in [0.05, 0.1) is 27.7 Å². The van der Waals surface area contributed by atoms with Crippen LogP contribution >= 0.6 is 11.6 Å². The van der Waals surface area contributed by atoms with E-state index in [1.54, 1.807) is 0 Å². The van der Waals surface area contributed by atoms with Crippen LogP contribution in [0.2, 0.25) is 5.02 Å². The van der Waals surface area contributed by atoms with Gasteiger partial charge in [0.1, 0.15) is 11.6 Å². The second-order valence-electron chi connectivity index (χ2n) is 8.38. The molecule has 11 heteroatoms. The Labute approximate surface area is 217 Å². The predicted molar refractivity (Wildman–Crippen MR) is 132 cm³/mol. The number of halogens is 5. The van der Waals surface area contributed by atoms with Gasteiger partial charge >= 0.3 is 6.18 Å². The van der Waals surface area contributed by atoms with Crippen LogP contribution in [-0.4, -0.2) is 39.0 Å². The summed E-state index contributed by atoms with van der Waals surface area (Å²) in [7, 11) is -3.87. The lowest BCUT2D eigenvalue weighted by Crippen LogP contribution is -2.25. The number of benzene rings is 3. The Morgan fingerprint density at radius 2 is 1.73 bits per heavy atom. The number of hydrogen-bond acceptors (Lipinski definition) is 5. The monoisotopic (exact) mass is 557 g/mol. The lowest BCUT2D eigenvalue weighted by Gasteiger charge is -2.24. The predicted octanol–water partition coefficient (Wildman–Crippen LogP) is 6.19. The average molecular weight is 558 g/mol. The number of aldehydes is 1. The summed E-state index contributed by atoms with van der Waals surface area (Å²) in [6.07, 6.45) is -3.20. The van der Waals surface area contributed by atoms with Crippen LogP contribution in [0, 0.1) is 5.82 Å². The number of sulfone groups is 1. The molecule has 0 heterocycles. The fraction of sp³-hybridized carbons (Fsp3) is 0.269. The van der Waals surface area contributed by atoms with Gasteiger partial charge in [0, 0.05) is 32.0 Å². The molecule has 0 aliphatic carbocycles. The highest BCUT2D eigenvalue weighted by Crippen LogP contribution is 2.36. The zero-order chi connectivity index (χ0) is 27.2. The van der Waals surface area contributed by atoms with E-state index < -0.39 is 37.9 Å². The quantitative estimate of drug-likeness (QED) is 0.160. The van der Waals surface area contributed by atoms with Gasteiger partial charge in [-0.05, 0) is 29.7 Å². The second kappa shape index (κ2) is 12.1. The maximum Gasteiger partial charge on any atom is 0.417 e. The minimum Gasteiger partial charge on any atom is -0.493 e. The molecule has 0 aliphatic rings. The Hall–Kier alpha value is -2.95. The van der Waals surface area contributed by atoms with E-state index in [4.69, 9.17) is 16.3 Å². The van der Waals surface area contributed by atoms with Crippen LogP contribution in [0.5, 0.6) is 5.75 Å². The first-order chi connectivity index (χ1) is 17.4. The number of ether oxygens (including phenoxy) is 1. The molecule has 198 valence electrons. The van der Waals surface area contributed by atoms with Crippen molar-refractivity contribution in [3.63, 3.8) is 0 Å². The van der Waals surface area contributed by atoms with Crippen molar-refractivity contribution in [2.45, 2.75) is 30.6 Å². The highest BCUT2D eigenvalue weighted by Gasteiger charge is 2.34. The fourth-order valence-electron chi connectivity index (χ4n) is 3.77. The van der Waals surface area contributed by atoms with E-state index in [0.29, 0.717) is 25.1 Å². The van der Waals surface area contributed by atoms with Gasteiger partial charge in [-0.25, -0.2) is 12.8 Å². The van der Waals surface area contributed by atoms with E-state index in [-0.39, 0.29) is 30.2 Å². The molecule has 3 aromatic rings. The number of hydrogen-bond donors (Lipinski definition) is 0. The number of alkyl halides is 3. The molecule has 0 saturated carbocycles. The van der Waals surface area contributed by atoms with Gasteiger partial charge in [-0.3, -0.25) is 9.69 Å². The largest absolute Gasteiger partial charge is 0.493 e. The summed E-state index contributed by atoms with van der Waals surface area (Å²) in [5, 5.41) is -0.358. The Balaban J connectivity index is 1.74. The first kappa shape index (κ1) is 28.6. The van der Waals surface area contributed by atoms with Crippen LogP contribution in [0.3, 0.4) is 0 Å². The number of carbonyl (C=O) groups excluding carboxylic acids is 1. The summed E-state index contributed by atoms with van der Waals surface area (Å²) in [6.45, 7) is 1.01. The van der Waals surface area contributed by atoms with E-state index in [2.05, 4.69) is 0 Å². The Bertz CT molecular complexity index is 1350. The fourth-order valence-corrected chi connectivity index (χ4v) is 4.94. The molecule has 0 aliphatic heterocycles. The molecule has 0 N–H and O–H groups in total. The molecule has 37 heavy (non-hydrogen) atoms. The van der Waals surface area contributed by atoms with Crippen molar-refractivity contribution in [2.75, 3.05) is 19.4 Å². The smallest absolute Gasteiger partial charge is 0.417 e. The van der Waals surface area contributed by atoms with Gasteiger partial charge in [0.25, 0.3) is 0 Å². The molecule has 3 aromatic carbocycles. The van der Waals surface area contributed by atoms with Crippen molar-refractivity contribution in [2.24, 2.45) is 0 Å². The van der Waals surface area contributed by atoms with Gasteiger partial charge in [-0.15, -0.1) is 0 Å². The molecule has 3 rings (SSSR count). The third kappa shape index (κ3) is 7.77. The molecule has 0 bridgehead atoms. The van der Waals surface area contributed by atoms with Gasteiger partial charge in [-0.2, -0.15) is 13.2 Å². The number of nitrogens with zero attached hydrogens (tertiary/aromatic N) is 1. The van der Waals surface area contributed by atoms with E-state index in [9.17, 15) is 30.8 Å². The standard InChI is InChI=1S/C26H24ClF4NO4S/c1-37(34,35)24-14-20(13-23(28)21(24)17-33)36-12-6-11-32(15-18-7-3-2-4-8-18)16-19-9-5-10-22(25(19)27)26(29,30)31/h2-5,7-10,13-14,17H,6,11-12,15-16H2,1H3. The average Bonchev–Trinajstić information content (AvgIpc) is 2.82. The highest BCUT2D eigenvalue weighted by molar-refractivity contribution is 7.90. The van der Waals surface area contributed by atoms with Crippen LogP contribution in [0.1, 0.15) is 33.5 Å². The van der Waals surface area contributed by atoms with Gasteiger partial charge in [0.15, 0.2) is 16.1 Å². The molecular weight excluding hydrogens is 534 g/mol. The lowest BCUT2D eigenvalue weighted by atomic mass is 10.1. The molecule has 0 saturated heterocycles. The summed E-state index contributed by atoms with van der Waals surface area (Å²) in [4.78, 5) is 12.5. The van der Waals surface area contributed by atoms with Crippen LogP contribution in [0.25, 0.3) is 0 Å². The first-order valence-electron chi connectivity index (χ1n) is 11.1. The topological polar surface area (TPSA) is 63.7 Å². The third-order valence-electron chi connectivity index (χ3n) is 5.50. The zero-order valence-corrected chi connectivity index (χ0v) is 21.3.